The fraction of sp³-hybridized carbons (Fsp3) is 0.111. The van der Waals surface area contributed by atoms with Crippen molar-refractivity contribution in [1.82, 2.24) is 15.0 Å². The molecule has 0 aliphatic heterocycles. The first-order chi connectivity index (χ1) is 6.40. The molecule has 74 valence electrons. The van der Waals surface area contributed by atoms with Crippen molar-refractivity contribution < 1.29 is 18.1 Å². The molecule has 14 heavy (non-hydrogen) atoms. The lowest BCUT2D eigenvalue weighted by Crippen LogP contribution is -3.00. The van der Waals surface area contributed by atoms with Crippen LogP contribution in [0.3, 0.4) is 0 Å². The molecule has 0 spiro atoms. The average molecular weight is 211 g/mol. The number of quaternary nitrogens is 1. The number of para-hydroxylation sites is 1. The van der Waals surface area contributed by atoms with Crippen molar-refractivity contribution in [1.29, 1.82) is 0 Å². The number of rotatable bonds is 2. The van der Waals surface area contributed by atoms with Gasteiger partial charge in [-0.05, 0) is 12.1 Å². The van der Waals surface area contributed by atoms with Gasteiger partial charge in [-0.25, -0.2) is 4.68 Å². The van der Waals surface area contributed by atoms with Gasteiger partial charge in [-0.15, -0.1) is 5.10 Å². The summed E-state index contributed by atoms with van der Waals surface area (Å²) in [5.41, 5.74) is 5.68. The molecule has 0 amide bonds. The Morgan fingerprint density at radius 1 is 1.21 bits per heavy atom. The van der Waals surface area contributed by atoms with E-state index < -0.39 is 0 Å². The summed E-state index contributed by atoms with van der Waals surface area (Å²) in [4.78, 5) is 0. The quantitative estimate of drug-likeness (QED) is 0.575. The van der Waals surface area contributed by atoms with E-state index in [0.29, 0.717) is 6.54 Å². The molecule has 0 unspecified atom stereocenters. The van der Waals surface area contributed by atoms with E-state index in [4.69, 9.17) is 0 Å². The maximum atomic E-state index is 3.98. The first kappa shape index (κ1) is 10.7. The minimum absolute atomic E-state index is 0. The lowest BCUT2D eigenvalue weighted by molar-refractivity contribution is -0.387. The predicted molar refractivity (Wildman–Crippen MR) is 48.0 cm³/mol. The summed E-state index contributed by atoms with van der Waals surface area (Å²) in [5.74, 6) is 0. The van der Waals surface area contributed by atoms with Gasteiger partial charge in [0.2, 0.25) is 0 Å². The molecule has 1 heterocycles. The Hall–Kier alpha value is -1.39. The highest BCUT2D eigenvalue weighted by molar-refractivity contribution is 5.29. The van der Waals surface area contributed by atoms with Crippen LogP contribution in [0.1, 0.15) is 5.69 Å². The molecule has 3 N–H and O–H groups in total. The molecule has 5 heteroatoms. The Bertz CT molecular complexity index is 385. The number of benzene rings is 1. The second kappa shape index (κ2) is 4.74. The number of aromatic nitrogens is 3. The van der Waals surface area contributed by atoms with Crippen LogP contribution in [0.25, 0.3) is 5.69 Å². The smallest absolute Gasteiger partial charge is 0.137 e. The van der Waals surface area contributed by atoms with E-state index in [9.17, 15) is 0 Å². The van der Waals surface area contributed by atoms with Gasteiger partial charge < -0.3 is 18.1 Å². The molecule has 0 bridgehead atoms. The minimum atomic E-state index is 0. The van der Waals surface area contributed by atoms with Gasteiger partial charge in [-0.2, -0.15) is 0 Å². The van der Waals surface area contributed by atoms with E-state index in [1.807, 2.05) is 36.5 Å². The Kier molecular flexibility index (Phi) is 3.62. The molecule has 0 atom stereocenters. The highest BCUT2D eigenvalue weighted by Gasteiger charge is 2.00. The summed E-state index contributed by atoms with van der Waals surface area (Å²) in [6, 6.07) is 9.90. The van der Waals surface area contributed by atoms with E-state index in [0.717, 1.165) is 11.4 Å². The van der Waals surface area contributed by atoms with Crippen molar-refractivity contribution in [3.8, 4) is 5.69 Å². The Morgan fingerprint density at radius 3 is 2.50 bits per heavy atom. The van der Waals surface area contributed by atoms with E-state index in [1.54, 1.807) is 4.68 Å². The summed E-state index contributed by atoms with van der Waals surface area (Å²) in [6.07, 6.45) is 1.89. The largest absolute Gasteiger partial charge is 1.00 e. The Labute approximate surface area is 88.1 Å². The van der Waals surface area contributed by atoms with Gasteiger partial charge in [0, 0.05) is 0 Å². The predicted octanol–water partition coefficient (Wildman–Crippen LogP) is -2.99. The number of hydrogen-bond acceptors (Lipinski definition) is 2. The SMILES string of the molecule is [Cl-].[NH3+]Cc1cn(-c2ccccc2)nn1. The first-order valence-corrected chi connectivity index (χ1v) is 4.16. The van der Waals surface area contributed by atoms with Crippen LogP contribution in [0.4, 0.5) is 0 Å². The van der Waals surface area contributed by atoms with Crippen molar-refractivity contribution in [2.45, 2.75) is 6.54 Å². The van der Waals surface area contributed by atoms with Crippen LogP contribution in [0.15, 0.2) is 36.5 Å². The lowest BCUT2D eigenvalue weighted by atomic mass is 10.3. The third-order valence-corrected chi connectivity index (χ3v) is 1.82. The van der Waals surface area contributed by atoms with E-state index in [1.165, 1.54) is 0 Å². The fourth-order valence-corrected chi connectivity index (χ4v) is 1.12. The normalized spacial score (nSPS) is 9.50. The van der Waals surface area contributed by atoms with Gasteiger partial charge in [0.05, 0.1) is 11.9 Å². The monoisotopic (exact) mass is 210 g/mol. The van der Waals surface area contributed by atoms with Crippen molar-refractivity contribution >= 4 is 0 Å². The second-order valence-corrected chi connectivity index (χ2v) is 2.74. The molecule has 0 saturated heterocycles. The fourth-order valence-electron chi connectivity index (χ4n) is 1.12. The van der Waals surface area contributed by atoms with Gasteiger partial charge in [0.1, 0.15) is 12.2 Å². The highest BCUT2D eigenvalue weighted by Crippen LogP contribution is 2.04. The van der Waals surface area contributed by atoms with Gasteiger partial charge in [-0.1, -0.05) is 23.4 Å². The molecule has 2 aromatic rings. The molecule has 4 nitrogen and oxygen atoms in total. The molecule has 1 aromatic heterocycles. The summed E-state index contributed by atoms with van der Waals surface area (Å²) in [5, 5.41) is 7.95. The van der Waals surface area contributed by atoms with Crippen molar-refractivity contribution in [2.24, 2.45) is 0 Å². The first-order valence-electron chi connectivity index (χ1n) is 4.16. The zero-order valence-electron chi connectivity index (χ0n) is 7.60. The van der Waals surface area contributed by atoms with Crippen molar-refractivity contribution in [3.63, 3.8) is 0 Å². The second-order valence-electron chi connectivity index (χ2n) is 2.74. The summed E-state index contributed by atoms with van der Waals surface area (Å²) in [6.45, 7) is 0.673. The van der Waals surface area contributed by atoms with Crippen LogP contribution in [0.2, 0.25) is 0 Å². The third kappa shape index (κ3) is 2.10. The van der Waals surface area contributed by atoms with E-state index in [2.05, 4.69) is 16.0 Å². The Morgan fingerprint density at radius 2 is 1.93 bits per heavy atom. The number of nitrogens with zero attached hydrogens (tertiary/aromatic N) is 3. The Balaban J connectivity index is 0.000000980. The summed E-state index contributed by atoms with van der Waals surface area (Å²) in [7, 11) is 0. The van der Waals surface area contributed by atoms with E-state index >= 15 is 0 Å². The van der Waals surface area contributed by atoms with E-state index in [-0.39, 0.29) is 12.4 Å². The van der Waals surface area contributed by atoms with Gasteiger partial charge in [0.25, 0.3) is 0 Å². The molecule has 0 aliphatic rings. The molecule has 2 rings (SSSR count). The molecule has 0 saturated carbocycles. The van der Waals surface area contributed by atoms with Crippen LogP contribution in [0, 0.1) is 0 Å². The minimum Gasteiger partial charge on any atom is -1.00 e. The average Bonchev–Trinajstić information content (AvgIpc) is 2.67. The molecular formula is C9H11ClN4. The highest BCUT2D eigenvalue weighted by atomic mass is 35.5. The number of hydrogen-bond donors (Lipinski definition) is 1. The number of halogens is 1. The molecule has 0 radical (unpaired) electrons. The van der Waals surface area contributed by atoms with Gasteiger partial charge in [0.15, 0.2) is 0 Å². The van der Waals surface area contributed by atoms with Crippen LogP contribution in [-0.4, -0.2) is 15.0 Å². The van der Waals surface area contributed by atoms with Crippen molar-refractivity contribution in [2.75, 3.05) is 0 Å². The van der Waals surface area contributed by atoms with Crippen molar-refractivity contribution in [3.05, 3.63) is 42.2 Å². The standard InChI is InChI=1S/C9H10N4.ClH/c10-6-8-7-13(12-11-8)9-4-2-1-3-5-9;/h1-5,7H,6,10H2;1H. The topological polar surface area (TPSA) is 58.4 Å². The maximum absolute atomic E-state index is 3.98. The van der Waals surface area contributed by atoms with Crippen LogP contribution < -0.4 is 18.1 Å². The molecule has 1 aromatic carbocycles. The summed E-state index contributed by atoms with van der Waals surface area (Å²) < 4.78 is 1.75. The van der Waals surface area contributed by atoms with Gasteiger partial charge >= 0.3 is 0 Å². The van der Waals surface area contributed by atoms with Crippen LogP contribution in [0.5, 0.6) is 0 Å². The molecular weight excluding hydrogens is 200 g/mol. The van der Waals surface area contributed by atoms with Gasteiger partial charge in [-0.3, -0.25) is 0 Å². The lowest BCUT2D eigenvalue weighted by Gasteiger charge is -1.96. The maximum Gasteiger partial charge on any atom is 0.137 e. The van der Waals surface area contributed by atoms with Crippen LogP contribution in [-0.2, 0) is 6.54 Å². The van der Waals surface area contributed by atoms with Crippen LogP contribution >= 0.6 is 0 Å². The molecule has 0 fully saturated rings. The zero-order valence-corrected chi connectivity index (χ0v) is 8.35. The third-order valence-electron chi connectivity index (χ3n) is 1.82. The molecule has 0 aliphatic carbocycles. The summed E-state index contributed by atoms with van der Waals surface area (Å²) >= 11 is 0. The zero-order chi connectivity index (χ0) is 9.10.